The molecule has 0 amide bonds. The highest BCUT2D eigenvalue weighted by Gasteiger charge is 2.24. The molecule has 1 fully saturated rings. The number of nitrogens with one attached hydrogen (secondary N) is 1. The van der Waals surface area contributed by atoms with Crippen molar-refractivity contribution in [3.63, 3.8) is 0 Å². The van der Waals surface area contributed by atoms with E-state index < -0.39 is 0 Å². The molecular weight excluding hydrogens is 225 g/mol. The van der Waals surface area contributed by atoms with Crippen LogP contribution in [0.4, 0.5) is 4.39 Å². The average molecular weight is 249 g/mol. The van der Waals surface area contributed by atoms with Crippen molar-refractivity contribution >= 4 is 0 Å². The van der Waals surface area contributed by atoms with Crippen LogP contribution >= 0.6 is 0 Å². The Morgan fingerprint density at radius 2 is 2.06 bits per heavy atom. The Balaban J connectivity index is 2.04. The third-order valence-corrected chi connectivity index (χ3v) is 3.96. The van der Waals surface area contributed by atoms with Crippen LogP contribution in [0.3, 0.4) is 0 Å². The van der Waals surface area contributed by atoms with Gasteiger partial charge in [-0.3, -0.25) is 0 Å². The van der Waals surface area contributed by atoms with Gasteiger partial charge in [-0.05, 0) is 42.7 Å². The van der Waals surface area contributed by atoms with E-state index in [-0.39, 0.29) is 5.82 Å². The molecule has 1 aromatic rings. The van der Waals surface area contributed by atoms with Crippen LogP contribution in [-0.2, 0) is 0 Å². The average Bonchev–Trinajstić information content (AvgIpc) is 3.19. The maximum atomic E-state index is 13.9. The SMILES string of the molecule is CCC(C)CC(CNC1CC1)c1ccccc1F. The molecule has 1 N–H and O–H groups in total. The third-order valence-electron chi connectivity index (χ3n) is 3.96. The van der Waals surface area contributed by atoms with Gasteiger partial charge < -0.3 is 5.32 Å². The zero-order valence-corrected chi connectivity index (χ0v) is 11.5. The van der Waals surface area contributed by atoms with Crippen LogP contribution in [0, 0.1) is 11.7 Å². The second kappa shape index (κ2) is 6.33. The maximum Gasteiger partial charge on any atom is 0.126 e. The van der Waals surface area contributed by atoms with Crippen LogP contribution in [0.15, 0.2) is 24.3 Å². The number of halogens is 1. The molecule has 0 bridgehead atoms. The molecule has 1 saturated carbocycles. The van der Waals surface area contributed by atoms with E-state index in [1.807, 2.05) is 12.1 Å². The van der Waals surface area contributed by atoms with Crippen molar-refractivity contribution in [2.24, 2.45) is 5.92 Å². The van der Waals surface area contributed by atoms with Crippen molar-refractivity contribution in [3.05, 3.63) is 35.6 Å². The Hall–Kier alpha value is -0.890. The van der Waals surface area contributed by atoms with Crippen LogP contribution in [-0.4, -0.2) is 12.6 Å². The van der Waals surface area contributed by atoms with Crippen LogP contribution in [0.5, 0.6) is 0 Å². The first-order valence-corrected chi connectivity index (χ1v) is 7.18. The molecule has 0 saturated heterocycles. The van der Waals surface area contributed by atoms with E-state index in [4.69, 9.17) is 0 Å². The first-order valence-electron chi connectivity index (χ1n) is 7.18. The second-order valence-corrected chi connectivity index (χ2v) is 5.65. The van der Waals surface area contributed by atoms with Gasteiger partial charge in [0.15, 0.2) is 0 Å². The molecule has 18 heavy (non-hydrogen) atoms. The summed E-state index contributed by atoms with van der Waals surface area (Å²) in [7, 11) is 0. The summed E-state index contributed by atoms with van der Waals surface area (Å²) in [6.07, 6.45) is 4.80. The Kier molecular flexibility index (Phi) is 4.76. The highest BCUT2D eigenvalue weighted by atomic mass is 19.1. The van der Waals surface area contributed by atoms with Gasteiger partial charge in [0.2, 0.25) is 0 Å². The van der Waals surface area contributed by atoms with E-state index in [1.54, 1.807) is 12.1 Å². The van der Waals surface area contributed by atoms with Gasteiger partial charge in [-0.15, -0.1) is 0 Å². The topological polar surface area (TPSA) is 12.0 Å². The van der Waals surface area contributed by atoms with E-state index in [9.17, 15) is 4.39 Å². The zero-order chi connectivity index (χ0) is 13.0. The van der Waals surface area contributed by atoms with Gasteiger partial charge in [0.25, 0.3) is 0 Å². The minimum absolute atomic E-state index is 0.0524. The largest absolute Gasteiger partial charge is 0.313 e. The minimum Gasteiger partial charge on any atom is -0.313 e. The normalized spacial score (nSPS) is 18.6. The predicted octanol–water partition coefficient (Wildman–Crippen LogP) is 4.10. The highest BCUT2D eigenvalue weighted by Crippen LogP contribution is 2.28. The molecule has 0 aliphatic heterocycles. The summed E-state index contributed by atoms with van der Waals surface area (Å²) in [5.41, 5.74) is 0.881. The Bertz CT molecular complexity index is 373. The summed E-state index contributed by atoms with van der Waals surface area (Å²) < 4.78 is 13.9. The molecule has 0 aromatic heterocycles. The van der Waals surface area contributed by atoms with Crippen molar-refractivity contribution in [2.75, 3.05) is 6.54 Å². The molecule has 0 heterocycles. The quantitative estimate of drug-likeness (QED) is 0.767. The highest BCUT2D eigenvalue weighted by molar-refractivity contribution is 5.22. The monoisotopic (exact) mass is 249 g/mol. The van der Waals surface area contributed by atoms with Crippen molar-refractivity contribution in [2.45, 2.75) is 51.5 Å². The van der Waals surface area contributed by atoms with Gasteiger partial charge in [-0.1, -0.05) is 38.5 Å². The molecule has 1 aliphatic carbocycles. The van der Waals surface area contributed by atoms with E-state index in [2.05, 4.69) is 19.2 Å². The molecule has 2 unspecified atom stereocenters. The first kappa shape index (κ1) is 13.5. The summed E-state index contributed by atoms with van der Waals surface area (Å²) in [5.74, 6) is 0.903. The van der Waals surface area contributed by atoms with Crippen LogP contribution in [0.2, 0.25) is 0 Å². The van der Waals surface area contributed by atoms with Gasteiger partial charge in [0.1, 0.15) is 5.82 Å². The number of hydrogen-bond acceptors (Lipinski definition) is 1. The summed E-state index contributed by atoms with van der Waals surface area (Å²) in [6.45, 7) is 5.37. The van der Waals surface area contributed by atoms with Crippen molar-refractivity contribution in [1.29, 1.82) is 0 Å². The molecule has 1 aromatic carbocycles. The zero-order valence-electron chi connectivity index (χ0n) is 11.5. The summed E-state index contributed by atoms with van der Waals surface area (Å²) in [6, 6.07) is 7.93. The third kappa shape index (κ3) is 3.81. The van der Waals surface area contributed by atoms with Gasteiger partial charge in [0.05, 0.1) is 0 Å². The minimum atomic E-state index is -0.0524. The number of hydrogen-bond donors (Lipinski definition) is 1. The van der Waals surface area contributed by atoms with Gasteiger partial charge in [0, 0.05) is 12.6 Å². The molecule has 2 heteroatoms. The Labute approximate surface area is 110 Å². The lowest BCUT2D eigenvalue weighted by molar-refractivity contribution is 0.424. The maximum absolute atomic E-state index is 13.9. The van der Waals surface area contributed by atoms with Crippen molar-refractivity contribution in [3.8, 4) is 0 Å². The molecule has 0 spiro atoms. The molecular formula is C16H24FN. The van der Waals surface area contributed by atoms with Gasteiger partial charge >= 0.3 is 0 Å². The van der Waals surface area contributed by atoms with Crippen LogP contribution < -0.4 is 5.32 Å². The lowest BCUT2D eigenvalue weighted by Gasteiger charge is -2.22. The van der Waals surface area contributed by atoms with Crippen LogP contribution in [0.1, 0.15) is 51.0 Å². The summed E-state index contributed by atoms with van der Waals surface area (Å²) in [4.78, 5) is 0. The molecule has 2 rings (SSSR count). The van der Waals surface area contributed by atoms with E-state index in [1.165, 1.54) is 12.8 Å². The Morgan fingerprint density at radius 1 is 1.33 bits per heavy atom. The molecule has 0 radical (unpaired) electrons. The molecule has 1 aliphatic rings. The Morgan fingerprint density at radius 3 is 2.67 bits per heavy atom. The van der Waals surface area contributed by atoms with Gasteiger partial charge in [-0.2, -0.15) is 0 Å². The smallest absolute Gasteiger partial charge is 0.126 e. The van der Waals surface area contributed by atoms with E-state index >= 15 is 0 Å². The van der Waals surface area contributed by atoms with Crippen LogP contribution in [0.25, 0.3) is 0 Å². The fraction of sp³-hybridized carbons (Fsp3) is 0.625. The molecule has 2 atom stereocenters. The summed E-state index contributed by atoms with van der Waals surface area (Å²) in [5, 5.41) is 3.55. The lowest BCUT2D eigenvalue weighted by atomic mass is 9.88. The summed E-state index contributed by atoms with van der Waals surface area (Å²) >= 11 is 0. The van der Waals surface area contributed by atoms with E-state index in [0.29, 0.717) is 17.9 Å². The molecule has 1 nitrogen and oxygen atoms in total. The predicted molar refractivity (Wildman–Crippen MR) is 74.2 cm³/mol. The fourth-order valence-corrected chi connectivity index (χ4v) is 2.38. The van der Waals surface area contributed by atoms with Gasteiger partial charge in [-0.25, -0.2) is 4.39 Å². The number of benzene rings is 1. The second-order valence-electron chi connectivity index (χ2n) is 5.65. The number of rotatable bonds is 7. The lowest BCUT2D eigenvalue weighted by Crippen LogP contribution is -2.25. The standard InChI is InChI=1S/C16H24FN/c1-3-12(2)10-13(11-18-14-8-9-14)15-6-4-5-7-16(15)17/h4-7,12-14,18H,3,8-11H2,1-2H3. The van der Waals surface area contributed by atoms with Crippen molar-refractivity contribution < 1.29 is 4.39 Å². The fourth-order valence-electron chi connectivity index (χ4n) is 2.38. The molecule has 100 valence electrons. The first-order chi connectivity index (χ1) is 8.70. The van der Waals surface area contributed by atoms with E-state index in [0.717, 1.165) is 24.9 Å². The van der Waals surface area contributed by atoms with Crippen molar-refractivity contribution in [1.82, 2.24) is 5.32 Å².